The zero-order chi connectivity index (χ0) is 46.6. The maximum Gasteiger partial charge on any atom is 0.328 e. The molecule has 0 bridgehead atoms. The number of carbonyl (C=O) groups is 4. The molecule has 4 aliphatic heterocycles. The monoisotopic (exact) mass is 918 g/mol. The highest BCUT2D eigenvalue weighted by molar-refractivity contribution is 7.93. The Bertz CT molecular complexity index is 2670. The third-order valence-electron chi connectivity index (χ3n) is 12.6. The van der Waals surface area contributed by atoms with E-state index in [9.17, 15) is 36.0 Å². The molecule has 1 saturated carbocycles. The van der Waals surface area contributed by atoms with E-state index in [1.165, 1.54) is 63.1 Å². The number of aromatic nitrogens is 2. The van der Waals surface area contributed by atoms with Crippen molar-refractivity contribution in [2.75, 3.05) is 64.9 Å². The lowest BCUT2D eigenvalue weighted by Crippen LogP contribution is -2.50. The average molecular weight is 919 g/mol. The van der Waals surface area contributed by atoms with Crippen molar-refractivity contribution >= 4 is 43.6 Å². The largest absolute Gasteiger partial charge is 0.328 e. The Kier molecular flexibility index (Phi) is 14.4. The van der Waals surface area contributed by atoms with Crippen molar-refractivity contribution in [2.24, 2.45) is 17.8 Å². The van der Waals surface area contributed by atoms with E-state index in [2.05, 4.69) is 64.1 Å². The Morgan fingerprint density at radius 1 is 0.703 bits per heavy atom. The highest BCUT2D eigenvalue weighted by Gasteiger charge is 2.46. The number of hydrogen-bond acceptors (Lipinski definition) is 12. The van der Waals surface area contributed by atoms with Crippen LogP contribution in [0.2, 0.25) is 0 Å². The number of amides is 4. The molecule has 2 saturated heterocycles. The number of likely N-dealkylation sites (tertiary alicyclic amines) is 2. The molecule has 0 radical (unpaired) electrons. The predicted molar refractivity (Wildman–Crippen MR) is 234 cm³/mol. The molecule has 2 atom stereocenters. The molecule has 0 spiro atoms. The summed E-state index contributed by atoms with van der Waals surface area (Å²) in [7, 11) is -7.64. The van der Waals surface area contributed by atoms with Crippen LogP contribution in [0.1, 0.15) is 69.0 Å². The lowest BCUT2D eigenvalue weighted by molar-refractivity contribution is -0.132. The molecular weight excluding hydrogens is 865 g/mol. The van der Waals surface area contributed by atoms with Crippen LogP contribution >= 0.6 is 0 Å². The fourth-order valence-electron chi connectivity index (χ4n) is 7.68. The minimum atomic E-state index is -3.82. The molecule has 2 aromatic heterocycles. The van der Waals surface area contributed by atoms with Crippen LogP contribution in [0.25, 0.3) is 0 Å². The second-order valence-electron chi connectivity index (χ2n) is 17.4. The summed E-state index contributed by atoms with van der Waals surface area (Å²) in [6, 6.07) is 2.98. The number of nitrogens with zero attached hydrogens (tertiary/aromatic N) is 6. The molecule has 7 rings (SSSR count). The normalized spacial score (nSPS) is 19.2. The average Bonchev–Trinajstić information content (AvgIpc) is 3.54. The summed E-state index contributed by atoms with van der Waals surface area (Å²) in [5.41, 5.74) is 5.66. The summed E-state index contributed by atoms with van der Waals surface area (Å²) < 4.78 is 47.6. The first kappa shape index (κ1) is 47.9. The van der Waals surface area contributed by atoms with E-state index in [0.29, 0.717) is 23.0 Å². The van der Waals surface area contributed by atoms with Gasteiger partial charge in [-0.15, -0.1) is 0 Å². The standard InChI is InChI=1S/C23H28N4O5S.C21H26N4O5S/c1-23(21(28)24-30,33(2,31)32)9-10-26-16-20-11-18(15-27(20)22(26)29)5-3-4-6-19-13-25(14-19)12-17-7-8-17;1-4-23-12-17(13-23)8-6-5-7-16-11-18-15-24(20(27)25(18)14-16)10-9-21(2,19(26)22-28)31(3,29)30/h11,15,17,19,30H,7-10,12-14,16H2,1-2H3,(H,24,28);11,14,17,28H,4,9-10,12-13,15H2,1-3H3,(H,22,26)/t23-;21-/m11/s1. The Morgan fingerprint density at radius 3 is 1.45 bits per heavy atom. The zero-order valence-electron chi connectivity index (χ0n) is 36.6. The Labute approximate surface area is 374 Å². The molecule has 18 nitrogen and oxygen atoms in total. The van der Waals surface area contributed by atoms with Gasteiger partial charge in [0.25, 0.3) is 11.8 Å². The Balaban J connectivity index is 0.000000213. The van der Waals surface area contributed by atoms with Crippen molar-refractivity contribution in [3.05, 3.63) is 47.0 Å². The third-order valence-corrected chi connectivity index (χ3v) is 16.7. The molecule has 4 amide bonds. The van der Waals surface area contributed by atoms with Gasteiger partial charge in [0.1, 0.15) is 0 Å². The molecule has 2 aromatic rings. The van der Waals surface area contributed by atoms with E-state index in [1.54, 1.807) is 18.5 Å². The van der Waals surface area contributed by atoms with E-state index in [-0.39, 0.29) is 51.1 Å². The van der Waals surface area contributed by atoms with Crippen LogP contribution in [-0.2, 0) is 42.4 Å². The van der Waals surface area contributed by atoms with Crippen molar-refractivity contribution in [1.82, 2.24) is 39.7 Å². The molecule has 1 aliphatic carbocycles. The van der Waals surface area contributed by atoms with Gasteiger partial charge in [0.05, 0.1) is 13.1 Å². The van der Waals surface area contributed by atoms with Crippen LogP contribution in [0.15, 0.2) is 24.5 Å². The maximum absolute atomic E-state index is 12.7. The first-order valence-corrected chi connectivity index (χ1v) is 24.7. The van der Waals surface area contributed by atoms with Crippen LogP contribution in [0, 0.1) is 65.1 Å². The fourth-order valence-corrected chi connectivity index (χ4v) is 9.37. The van der Waals surface area contributed by atoms with Crippen molar-refractivity contribution in [2.45, 2.75) is 69.0 Å². The molecule has 5 aliphatic rings. The molecular formula is C44H54N8O10S2. The van der Waals surface area contributed by atoms with Gasteiger partial charge in [0.2, 0.25) is 0 Å². The van der Waals surface area contributed by atoms with E-state index < -0.39 is 41.0 Å². The molecule has 0 unspecified atom stereocenters. The predicted octanol–water partition coefficient (Wildman–Crippen LogP) is 0.945. The van der Waals surface area contributed by atoms with Crippen molar-refractivity contribution < 1.29 is 46.4 Å². The molecule has 6 heterocycles. The number of hydrogen-bond donors (Lipinski definition) is 4. The van der Waals surface area contributed by atoms with E-state index >= 15 is 0 Å². The van der Waals surface area contributed by atoms with E-state index in [1.807, 2.05) is 6.07 Å². The summed E-state index contributed by atoms with van der Waals surface area (Å²) in [5, 5.41) is 17.8. The smallest absolute Gasteiger partial charge is 0.318 e. The highest BCUT2D eigenvalue weighted by Crippen LogP contribution is 2.32. The van der Waals surface area contributed by atoms with Gasteiger partial charge in [0.15, 0.2) is 29.2 Å². The van der Waals surface area contributed by atoms with Crippen molar-refractivity contribution in [1.29, 1.82) is 0 Å². The van der Waals surface area contributed by atoms with Crippen LogP contribution in [0.5, 0.6) is 0 Å². The number of hydroxylamine groups is 2. The number of carbonyl (C=O) groups excluding carboxylic acids is 4. The van der Waals surface area contributed by atoms with Crippen LogP contribution in [-0.4, -0.2) is 154 Å². The third kappa shape index (κ3) is 10.7. The first-order valence-electron chi connectivity index (χ1n) is 21.0. The van der Waals surface area contributed by atoms with Gasteiger partial charge in [-0.25, -0.2) is 37.4 Å². The first-order chi connectivity index (χ1) is 30.2. The number of sulfone groups is 2. The van der Waals surface area contributed by atoms with Gasteiger partial charge in [-0.05, 0) is 87.8 Å². The molecule has 64 heavy (non-hydrogen) atoms. The maximum atomic E-state index is 12.7. The van der Waals surface area contributed by atoms with Gasteiger partial charge in [-0.2, -0.15) is 0 Å². The van der Waals surface area contributed by atoms with Crippen molar-refractivity contribution in [3.63, 3.8) is 0 Å². The van der Waals surface area contributed by atoms with Gasteiger partial charge >= 0.3 is 12.1 Å². The van der Waals surface area contributed by atoms with E-state index in [0.717, 1.165) is 62.5 Å². The van der Waals surface area contributed by atoms with Gasteiger partial charge in [-0.1, -0.05) is 30.6 Å². The molecule has 3 fully saturated rings. The summed E-state index contributed by atoms with van der Waals surface area (Å²) in [6.07, 6.45) is 7.57. The summed E-state index contributed by atoms with van der Waals surface area (Å²) in [6.45, 7) is 11.5. The van der Waals surface area contributed by atoms with Gasteiger partial charge in [0, 0.05) is 105 Å². The Hall–Kier alpha value is -5.58. The van der Waals surface area contributed by atoms with Crippen LogP contribution in [0.4, 0.5) is 9.59 Å². The summed E-state index contributed by atoms with van der Waals surface area (Å²) in [5.74, 6) is 23.3. The van der Waals surface area contributed by atoms with Crippen LogP contribution < -0.4 is 11.0 Å². The fraction of sp³-hybridized carbons (Fsp3) is 0.545. The second kappa shape index (κ2) is 19.3. The lowest BCUT2D eigenvalue weighted by atomic mass is 10.0. The number of rotatable bonds is 13. The van der Waals surface area contributed by atoms with Crippen molar-refractivity contribution in [3.8, 4) is 47.4 Å². The minimum Gasteiger partial charge on any atom is -0.318 e. The highest BCUT2D eigenvalue weighted by atomic mass is 32.2. The second-order valence-corrected chi connectivity index (χ2v) is 22.3. The Morgan fingerprint density at radius 2 is 1.11 bits per heavy atom. The molecule has 20 heteroatoms. The number of nitrogens with one attached hydrogen (secondary N) is 2. The summed E-state index contributed by atoms with van der Waals surface area (Å²) >= 11 is 0. The zero-order valence-corrected chi connectivity index (χ0v) is 38.2. The number of fused-ring (bicyclic) bond motifs is 2. The molecule has 0 aromatic carbocycles. The van der Waals surface area contributed by atoms with E-state index in [4.69, 9.17) is 10.4 Å². The quantitative estimate of drug-likeness (QED) is 0.125. The van der Waals surface area contributed by atoms with Crippen LogP contribution in [0.3, 0.4) is 0 Å². The lowest BCUT2D eigenvalue weighted by Gasteiger charge is -2.36. The van der Waals surface area contributed by atoms with Gasteiger partial charge < -0.3 is 19.6 Å². The molecule has 342 valence electrons. The van der Waals surface area contributed by atoms with Gasteiger partial charge in [-0.3, -0.25) is 29.1 Å². The topological polar surface area (TPSA) is 224 Å². The molecule has 4 N–H and O–H groups in total. The SMILES string of the molecule is CCN1CC(C#CC#Cc2cc3n(c2)C(=O)N(CC[C@](C)(C(=O)NO)S(C)(=O)=O)C3)C1.C[C@@](CCN1Cc2cc(C#CC#CC3CN(CC4CC4)C3)cn2C1=O)(C(=O)NO)S(C)(=O)=O. The minimum absolute atomic E-state index is 0.0418. The summed E-state index contributed by atoms with van der Waals surface area (Å²) in [4.78, 5) is 56.9.